The molecule has 2 aromatic carbocycles. The average molecular weight is 270 g/mol. The van der Waals surface area contributed by atoms with E-state index in [0.717, 1.165) is 23.0 Å². The van der Waals surface area contributed by atoms with Crippen LogP contribution in [-0.2, 0) is 4.79 Å². The Balaban J connectivity index is 2.15. The van der Waals surface area contributed by atoms with Gasteiger partial charge in [0, 0.05) is 11.9 Å². The van der Waals surface area contributed by atoms with Gasteiger partial charge in [-0.15, -0.1) is 0 Å². The number of thiocarbonyl (C=S) groups is 1. The molecule has 3 nitrogen and oxygen atoms in total. The summed E-state index contributed by atoms with van der Waals surface area (Å²) in [6, 6.07) is 14.0. The Kier molecular flexibility index (Phi) is 2.95. The summed E-state index contributed by atoms with van der Waals surface area (Å²) in [4.78, 5) is 15.8. The first kappa shape index (κ1) is 12.1. The third-order valence-electron chi connectivity index (χ3n) is 3.43. The molecule has 1 aliphatic heterocycles. The summed E-state index contributed by atoms with van der Waals surface area (Å²) in [5, 5.41) is 2.77. The van der Waals surface area contributed by atoms with Crippen molar-refractivity contribution in [3.8, 4) is 0 Å². The van der Waals surface area contributed by atoms with Crippen molar-refractivity contribution in [3.63, 3.8) is 0 Å². The number of carbonyl (C=O) groups excluding carboxylic acids is 1. The van der Waals surface area contributed by atoms with Crippen LogP contribution in [0.15, 0.2) is 42.5 Å². The number of rotatable bonds is 2. The molecule has 0 aromatic heterocycles. The van der Waals surface area contributed by atoms with Crippen LogP contribution in [0.5, 0.6) is 0 Å². The predicted molar refractivity (Wildman–Crippen MR) is 81.3 cm³/mol. The molecule has 19 heavy (non-hydrogen) atoms. The normalized spacial score (nSPS) is 15.6. The summed E-state index contributed by atoms with van der Waals surface area (Å²) < 4.78 is 0. The van der Waals surface area contributed by atoms with Gasteiger partial charge in [0.05, 0.1) is 12.2 Å². The minimum Gasteiger partial charge on any atom is -0.339 e. The van der Waals surface area contributed by atoms with Gasteiger partial charge in [0.25, 0.3) is 5.91 Å². The fourth-order valence-electron chi connectivity index (χ4n) is 2.44. The molecule has 4 heteroatoms. The number of hydrogen-bond donors (Lipinski definition) is 0. The molecule has 0 saturated carbocycles. The number of nitrogens with zero attached hydrogens (tertiary/aromatic N) is 2. The maximum absolute atomic E-state index is 12.2. The molecule has 96 valence electrons. The van der Waals surface area contributed by atoms with Crippen molar-refractivity contribution >= 4 is 39.7 Å². The Hall–Kier alpha value is -1.94. The molecule has 0 unspecified atom stereocenters. The highest BCUT2D eigenvalue weighted by molar-refractivity contribution is 7.80. The maximum Gasteiger partial charge on any atom is 0.252 e. The van der Waals surface area contributed by atoms with Gasteiger partial charge in [0.2, 0.25) is 0 Å². The number of likely N-dealkylation sites (N-methyl/N-ethyl adjacent to an activating group) is 1. The summed E-state index contributed by atoms with van der Waals surface area (Å²) in [5.41, 5.74) is 0.879. The molecule has 0 aliphatic carbocycles. The molecular formula is C15H14N2OS. The smallest absolute Gasteiger partial charge is 0.252 e. The van der Waals surface area contributed by atoms with Gasteiger partial charge in [-0.05, 0) is 30.6 Å². The van der Waals surface area contributed by atoms with Crippen LogP contribution < -0.4 is 4.90 Å². The molecule has 1 fully saturated rings. The van der Waals surface area contributed by atoms with Gasteiger partial charge >= 0.3 is 0 Å². The van der Waals surface area contributed by atoms with E-state index < -0.39 is 0 Å². The number of fused-ring (bicyclic) bond motifs is 1. The van der Waals surface area contributed by atoms with Gasteiger partial charge in [0.1, 0.15) is 0 Å². The van der Waals surface area contributed by atoms with E-state index in [1.54, 1.807) is 4.90 Å². The third kappa shape index (κ3) is 1.88. The molecular weight excluding hydrogens is 256 g/mol. The SMILES string of the molecule is CCN1CC(=O)N(c2cccc3ccccc23)C1=S. The van der Waals surface area contributed by atoms with Crippen molar-refractivity contribution in [2.24, 2.45) is 0 Å². The molecule has 0 atom stereocenters. The molecule has 1 saturated heterocycles. The lowest BCUT2D eigenvalue weighted by Crippen LogP contribution is -2.32. The largest absolute Gasteiger partial charge is 0.339 e. The first-order valence-corrected chi connectivity index (χ1v) is 6.73. The zero-order chi connectivity index (χ0) is 13.4. The molecule has 1 aliphatic rings. The predicted octanol–water partition coefficient (Wildman–Crippen LogP) is 2.79. The fraction of sp³-hybridized carbons (Fsp3) is 0.200. The quantitative estimate of drug-likeness (QED) is 0.784. The van der Waals surface area contributed by atoms with Crippen LogP contribution in [0.2, 0.25) is 0 Å². The lowest BCUT2D eigenvalue weighted by atomic mass is 10.1. The zero-order valence-corrected chi connectivity index (χ0v) is 11.5. The number of benzene rings is 2. The number of hydrogen-bond acceptors (Lipinski definition) is 2. The monoisotopic (exact) mass is 270 g/mol. The molecule has 0 spiro atoms. The van der Waals surface area contributed by atoms with E-state index >= 15 is 0 Å². The van der Waals surface area contributed by atoms with E-state index in [4.69, 9.17) is 12.2 Å². The van der Waals surface area contributed by atoms with Crippen molar-refractivity contribution in [2.75, 3.05) is 18.0 Å². The first-order chi connectivity index (χ1) is 9.22. The Morgan fingerprint density at radius 2 is 1.89 bits per heavy atom. The molecule has 1 amide bonds. The van der Waals surface area contributed by atoms with E-state index in [9.17, 15) is 4.79 Å². The third-order valence-corrected chi connectivity index (χ3v) is 3.87. The lowest BCUT2D eigenvalue weighted by Gasteiger charge is -2.20. The summed E-state index contributed by atoms with van der Waals surface area (Å²) >= 11 is 5.41. The molecule has 0 bridgehead atoms. The van der Waals surface area contributed by atoms with Crippen molar-refractivity contribution in [1.29, 1.82) is 0 Å². The Labute approximate surface area is 117 Å². The highest BCUT2D eigenvalue weighted by Gasteiger charge is 2.33. The summed E-state index contributed by atoms with van der Waals surface area (Å²) in [7, 11) is 0. The van der Waals surface area contributed by atoms with Crippen LogP contribution in [0.25, 0.3) is 10.8 Å². The van der Waals surface area contributed by atoms with Gasteiger partial charge < -0.3 is 4.90 Å². The Morgan fingerprint density at radius 1 is 1.16 bits per heavy atom. The van der Waals surface area contributed by atoms with Gasteiger partial charge in [-0.25, -0.2) is 0 Å². The zero-order valence-electron chi connectivity index (χ0n) is 10.7. The second-order valence-corrected chi connectivity index (χ2v) is 4.89. The maximum atomic E-state index is 12.2. The highest BCUT2D eigenvalue weighted by Crippen LogP contribution is 2.29. The van der Waals surface area contributed by atoms with Gasteiger partial charge in [-0.2, -0.15) is 0 Å². The molecule has 1 heterocycles. The molecule has 0 radical (unpaired) electrons. The molecule has 2 aromatic rings. The van der Waals surface area contributed by atoms with Crippen molar-refractivity contribution < 1.29 is 4.79 Å². The van der Waals surface area contributed by atoms with Crippen molar-refractivity contribution in [3.05, 3.63) is 42.5 Å². The highest BCUT2D eigenvalue weighted by atomic mass is 32.1. The van der Waals surface area contributed by atoms with Crippen molar-refractivity contribution in [1.82, 2.24) is 4.90 Å². The standard InChI is InChI=1S/C15H14N2OS/c1-2-16-10-14(18)17(15(16)19)13-9-5-7-11-6-3-4-8-12(11)13/h3-9H,2,10H2,1H3. The van der Waals surface area contributed by atoms with Crippen LogP contribution in [0.4, 0.5) is 5.69 Å². The van der Waals surface area contributed by atoms with Crippen LogP contribution in [0.1, 0.15) is 6.92 Å². The van der Waals surface area contributed by atoms with E-state index in [2.05, 4.69) is 0 Å². The van der Waals surface area contributed by atoms with Gasteiger partial charge in [0.15, 0.2) is 5.11 Å². The number of anilines is 1. The van der Waals surface area contributed by atoms with E-state index in [1.807, 2.05) is 54.3 Å². The minimum absolute atomic E-state index is 0.0446. The Bertz CT molecular complexity index is 663. The van der Waals surface area contributed by atoms with E-state index in [1.165, 1.54) is 0 Å². The second-order valence-electron chi connectivity index (χ2n) is 4.52. The average Bonchev–Trinajstić information content (AvgIpc) is 2.73. The lowest BCUT2D eigenvalue weighted by molar-refractivity contribution is -0.116. The first-order valence-electron chi connectivity index (χ1n) is 6.32. The topological polar surface area (TPSA) is 23.6 Å². The summed E-state index contributed by atoms with van der Waals surface area (Å²) in [6.07, 6.45) is 0. The van der Waals surface area contributed by atoms with Gasteiger partial charge in [-0.1, -0.05) is 36.4 Å². The van der Waals surface area contributed by atoms with Gasteiger partial charge in [-0.3, -0.25) is 9.69 Å². The number of carbonyl (C=O) groups is 1. The van der Waals surface area contributed by atoms with Crippen LogP contribution in [0.3, 0.4) is 0 Å². The summed E-state index contributed by atoms with van der Waals surface area (Å²) in [5.74, 6) is 0.0446. The molecule has 3 rings (SSSR count). The van der Waals surface area contributed by atoms with Crippen molar-refractivity contribution in [2.45, 2.75) is 6.92 Å². The Morgan fingerprint density at radius 3 is 2.63 bits per heavy atom. The van der Waals surface area contributed by atoms with E-state index in [-0.39, 0.29) is 5.91 Å². The summed E-state index contributed by atoms with van der Waals surface area (Å²) in [6.45, 7) is 3.14. The van der Waals surface area contributed by atoms with Crippen LogP contribution in [0, 0.1) is 0 Å². The number of amides is 1. The van der Waals surface area contributed by atoms with Crippen LogP contribution in [-0.4, -0.2) is 29.0 Å². The molecule has 0 N–H and O–H groups in total. The second kappa shape index (κ2) is 4.63. The minimum atomic E-state index is 0.0446. The van der Waals surface area contributed by atoms with E-state index in [0.29, 0.717) is 11.7 Å². The fourth-order valence-corrected chi connectivity index (χ4v) is 2.83. The van der Waals surface area contributed by atoms with Crippen LogP contribution >= 0.6 is 12.2 Å².